The first-order valence-electron chi connectivity index (χ1n) is 3.68. The van der Waals surface area contributed by atoms with Gasteiger partial charge >= 0.3 is 0 Å². The molecule has 0 aromatic carbocycles. The third-order valence-corrected chi connectivity index (χ3v) is 1.94. The zero-order valence-corrected chi connectivity index (χ0v) is 6.83. The van der Waals surface area contributed by atoms with Gasteiger partial charge in [0, 0.05) is 6.42 Å². The van der Waals surface area contributed by atoms with Gasteiger partial charge in [0.05, 0.1) is 12.9 Å². The smallest absolute Gasteiger partial charge is 0.146 e. The molecular formula is C9H12O2. The molecule has 0 bridgehead atoms. The molecule has 11 heavy (non-hydrogen) atoms. The lowest BCUT2D eigenvalue weighted by atomic mass is 9.93. The number of ether oxygens (including phenoxy) is 1. The summed E-state index contributed by atoms with van der Waals surface area (Å²) in [5, 5.41) is 0. The molecule has 0 amide bonds. The first kappa shape index (κ1) is 8.05. The van der Waals surface area contributed by atoms with Gasteiger partial charge in [-0.2, -0.15) is 0 Å². The standard InChI is InChI=1S/C9H12O2/c1-7-5-9(11-2)4-3-8(7)6-10/h3-4,6-7H,5H2,1-2H3. The van der Waals surface area contributed by atoms with Gasteiger partial charge < -0.3 is 4.74 Å². The zero-order valence-electron chi connectivity index (χ0n) is 6.83. The van der Waals surface area contributed by atoms with Crippen molar-refractivity contribution in [1.82, 2.24) is 0 Å². The van der Waals surface area contributed by atoms with E-state index in [1.807, 2.05) is 19.1 Å². The summed E-state index contributed by atoms with van der Waals surface area (Å²) in [6.07, 6.45) is 5.42. The Balaban J connectivity index is 2.76. The maximum absolute atomic E-state index is 10.4. The van der Waals surface area contributed by atoms with E-state index >= 15 is 0 Å². The van der Waals surface area contributed by atoms with Crippen LogP contribution in [0.3, 0.4) is 0 Å². The molecule has 1 aliphatic rings. The highest BCUT2D eigenvalue weighted by atomic mass is 16.5. The quantitative estimate of drug-likeness (QED) is 0.563. The molecule has 1 aliphatic carbocycles. The topological polar surface area (TPSA) is 26.3 Å². The van der Waals surface area contributed by atoms with Crippen molar-refractivity contribution in [3.8, 4) is 0 Å². The first-order chi connectivity index (χ1) is 5.27. The van der Waals surface area contributed by atoms with E-state index in [2.05, 4.69) is 0 Å². The number of methoxy groups -OCH3 is 1. The summed E-state index contributed by atoms with van der Waals surface area (Å²) in [7, 11) is 1.65. The lowest BCUT2D eigenvalue weighted by Crippen LogP contribution is -2.07. The van der Waals surface area contributed by atoms with Crippen LogP contribution in [0.2, 0.25) is 0 Å². The van der Waals surface area contributed by atoms with Crippen molar-refractivity contribution >= 4 is 6.29 Å². The summed E-state index contributed by atoms with van der Waals surface area (Å²) < 4.78 is 5.05. The highest BCUT2D eigenvalue weighted by Crippen LogP contribution is 2.23. The fourth-order valence-corrected chi connectivity index (χ4v) is 1.15. The largest absolute Gasteiger partial charge is 0.501 e. The van der Waals surface area contributed by atoms with Gasteiger partial charge in [0.15, 0.2) is 0 Å². The van der Waals surface area contributed by atoms with Crippen molar-refractivity contribution in [3.63, 3.8) is 0 Å². The summed E-state index contributed by atoms with van der Waals surface area (Å²) in [5.41, 5.74) is 0.853. The predicted molar refractivity (Wildman–Crippen MR) is 43.0 cm³/mol. The Morgan fingerprint density at radius 2 is 2.36 bits per heavy atom. The van der Waals surface area contributed by atoms with E-state index in [1.54, 1.807) is 7.11 Å². The lowest BCUT2D eigenvalue weighted by molar-refractivity contribution is -0.105. The van der Waals surface area contributed by atoms with E-state index in [-0.39, 0.29) is 0 Å². The van der Waals surface area contributed by atoms with Crippen LogP contribution in [0.1, 0.15) is 13.3 Å². The minimum Gasteiger partial charge on any atom is -0.501 e. The van der Waals surface area contributed by atoms with Crippen LogP contribution in [-0.4, -0.2) is 13.4 Å². The minimum atomic E-state index is 0.299. The number of allylic oxidation sites excluding steroid dienone is 4. The van der Waals surface area contributed by atoms with Crippen molar-refractivity contribution < 1.29 is 9.53 Å². The SMILES string of the molecule is COC1=CC=C(C=O)C(C)C1. The number of hydrogen-bond donors (Lipinski definition) is 0. The summed E-state index contributed by atoms with van der Waals surface area (Å²) in [5.74, 6) is 1.25. The number of carbonyl (C=O) groups is 1. The molecule has 1 atom stereocenters. The van der Waals surface area contributed by atoms with Crippen LogP contribution >= 0.6 is 0 Å². The van der Waals surface area contributed by atoms with Gasteiger partial charge in [-0.3, -0.25) is 4.79 Å². The van der Waals surface area contributed by atoms with Gasteiger partial charge in [-0.1, -0.05) is 13.0 Å². The zero-order chi connectivity index (χ0) is 8.27. The maximum Gasteiger partial charge on any atom is 0.146 e. The molecule has 1 unspecified atom stereocenters. The van der Waals surface area contributed by atoms with E-state index in [4.69, 9.17) is 4.74 Å². The fraction of sp³-hybridized carbons (Fsp3) is 0.444. The molecule has 0 spiro atoms. The molecule has 0 heterocycles. The van der Waals surface area contributed by atoms with Gasteiger partial charge in [-0.15, -0.1) is 0 Å². The van der Waals surface area contributed by atoms with Crippen LogP contribution in [0.4, 0.5) is 0 Å². The predicted octanol–water partition coefficient (Wildman–Crippen LogP) is 1.68. The molecular weight excluding hydrogens is 140 g/mol. The van der Waals surface area contributed by atoms with Crippen LogP contribution < -0.4 is 0 Å². The molecule has 2 heteroatoms. The van der Waals surface area contributed by atoms with Crippen molar-refractivity contribution in [3.05, 3.63) is 23.5 Å². The third-order valence-electron chi connectivity index (χ3n) is 1.94. The van der Waals surface area contributed by atoms with Crippen LogP contribution in [0, 0.1) is 5.92 Å². The van der Waals surface area contributed by atoms with Gasteiger partial charge in [-0.05, 0) is 17.6 Å². The van der Waals surface area contributed by atoms with E-state index in [0.29, 0.717) is 5.92 Å². The molecule has 0 N–H and O–H groups in total. The number of hydrogen-bond acceptors (Lipinski definition) is 2. The van der Waals surface area contributed by atoms with E-state index in [1.165, 1.54) is 0 Å². The normalized spacial score (nSPS) is 23.6. The van der Waals surface area contributed by atoms with Crippen molar-refractivity contribution in [2.24, 2.45) is 5.92 Å². The second-order valence-corrected chi connectivity index (χ2v) is 2.73. The Morgan fingerprint density at radius 1 is 1.64 bits per heavy atom. The highest BCUT2D eigenvalue weighted by Gasteiger charge is 2.13. The Kier molecular flexibility index (Phi) is 2.47. The van der Waals surface area contributed by atoms with Crippen molar-refractivity contribution in [2.45, 2.75) is 13.3 Å². The molecule has 0 saturated heterocycles. The lowest BCUT2D eigenvalue weighted by Gasteiger charge is -2.16. The average Bonchev–Trinajstić information content (AvgIpc) is 2.04. The van der Waals surface area contributed by atoms with Crippen molar-refractivity contribution in [1.29, 1.82) is 0 Å². The summed E-state index contributed by atoms with van der Waals surface area (Å²) in [6, 6.07) is 0. The number of aldehydes is 1. The molecule has 0 saturated carbocycles. The molecule has 0 aromatic heterocycles. The third kappa shape index (κ3) is 1.70. The molecule has 0 aliphatic heterocycles. The van der Waals surface area contributed by atoms with E-state index in [9.17, 15) is 4.79 Å². The van der Waals surface area contributed by atoms with E-state index < -0.39 is 0 Å². The van der Waals surface area contributed by atoms with Gasteiger partial charge in [0.1, 0.15) is 6.29 Å². The Morgan fingerprint density at radius 3 is 2.82 bits per heavy atom. The van der Waals surface area contributed by atoms with Crippen LogP contribution in [0.15, 0.2) is 23.5 Å². The number of rotatable bonds is 2. The summed E-state index contributed by atoms with van der Waals surface area (Å²) >= 11 is 0. The minimum absolute atomic E-state index is 0.299. The summed E-state index contributed by atoms with van der Waals surface area (Å²) in [4.78, 5) is 10.4. The molecule has 1 rings (SSSR count). The Hall–Kier alpha value is -1.05. The Bertz CT molecular complexity index is 214. The van der Waals surface area contributed by atoms with Crippen LogP contribution in [0.5, 0.6) is 0 Å². The average molecular weight is 152 g/mol. The van der Waals surface area contributed by atoms with Gasteiger partial charge in [0.2, 0.25) is 0 Å². The second-order valence-electron chi connectivity index (χ2n) is 2.73. The second kappa shape index (κ2) is 3.37. The first-order valence-corrected chi connectivity index (χ1v) is 3.68. The molecule has 2 nitrogen and oxygen atoms in total. The molecule has 60 valence electrons. The highest BCUT2D eigenvalue weighted by molar-refractivity contribution is 5.75. The van der Waals surface area contributed by atoms with E-state index in [0.717, 1.165) is 24.0 Å². The molecule has 0 aromatic rings. The monoisotopic (exact) mass is 152 g/mol. The van der Waals surface area contributed by atoms with Crippen LogP contribution in [-0.2, 0) is 9.53 Å². The fourth-order valence-electron chi connectivity index (χ4n) is 1.15. The summed E-state index contributed by atoms with van der Waals surface area (Å²) in [6.45, 7) is 2.02. The van der Waals surface area contributed by atoms with Gasteiger partial charge in [0.25, 0.3) is 0 Å². The number of carbonyl (C=O) groups excluding carboxylic acids is 1. The Labute approximate surface area is 66.5 Å². The van der Waals surface area contributed by atoms with Crippen molar-refractivity contribution in [2.75, 3.05) is 7.11 Å². The molecule has 0 fully saturated rings. The van der Waals surface area contributed by atoms with Crippen LogP contribution in [0.25, 0.3) is 0 Å². The maximum atomic E-state index is 10.4. The van der Waals surface area contributed by atoms with Gasteiger partial charge in [-0.25, -0.2) is 0 Å². The molecule has 0 radical (unpaired) electrons.